The number of hydrogen-bond acceptors (Lipinski definition) is 4. The number of nitrogens with zero attached hydrogens (tertiary/aromatic N) is 2. The van der Waals surface area contributed by atoms with E-state index in [-0.39, 0.29) is 0 Å². The molecule has 0 radical (unpaired) electrons. The van der Waals surface area contributed by atoms with Crippen molar-refractivity contribution in [3.63, 3.8) is 0 Å². The number of benzene rings is 1. The predicted molar refractivity (Wildman–Crippen MR) is 87.2 cm³/mol. The normalized spacial score (nSPS) is 10.6. The van der Waals surface area contributed by atoms with Crippen LogP contribution in [0.3, 0.4) is 0 Å². The van der Waals surface area contributed by atoms with E-state index in [9.17, 15) is 0 Å². The molecule has 1 heterocycles. The summed E-state index contributed by atoms with van der Waals surface area (Å²) >= 11 is 0. The minimum Gasteiger partial charge on any atom is -0.492 e. The van der Waals surface area contributed by atoms with E-state index in [1.54, 1.807) is 12.4 Å². The van der Waals surface area contributed by atoms with Crippen molar-refractivity contribution >= 4 is 11.4 Å². The molecule has 0 amide bonds. The Hall–Kier alpha value is -2.07. The third-order valence-corrected chi connectivity index (χ3v) is 3.39. The number of hydrogen-bond donors (Lipinski definition) is 1. The van der Waals surface area contributed by atoms with E-state index in [2.05, 4.69) is 29.0 Å². The first-order valence-electron chi connectivity index (χ1n) is 7.44. The molecule has 4 nitrogen and oxygen atoms in total. The van der Waals surface area contributed by atoms with Gasteiger partial charge < -0.3 is 15.0 Å². The molecule has 21 heavy (non-hydrogen) atoms. The van der Waals surface area contributed by atoms with Crippen LogP contribution < -0.4 is 10.1 Å². The third-order valence-electron chi connectivity index (χ3n) is 3.39. The summed E-state index contributed by atoms with van der Waals surface area (Å²) in [6.07, 6.45) is 3.54. The summed E-state index contributed by atoms with van der Waals surface area (Å²) in [6, 6.07) is 11.9. The molecule has 2 rings (SSSR count). The Labute approximate surface area is 126 Å². The first kappa shape index (κ1) is 15.3. The Balaban J connectivity index is 1.82. The molecule has 0 saturated heterocycles. The molecule has 0 bridgehead atoms. The van der Waals surface area contributed by atoms with Crippen molar-refractivity contribution in [3.05, 3.63) is 48.8 Å². The molecule has 0 spiro atoms. The van der Waals surface area contributed by atoms with Crippen LogP contribution in [0.5, 0.6) is 5.75 Å². The first-order valence-corrected chi connectivity index (χ1v) is 7.44. The van der Waals surface area contributed by atoms with E-state index in [1.165, 1.54) is 0 Å². The van der Waals surface area contributed by atoms with Crippen molar-refractivity contribution in [1.29, 1.82) is 0 Å². The minimum atomic E-state index is 0.721. The molecule has 0 fully saturated rings. The van der Waals surface area contributed by atoms with Gasteiger partial charge in [-0.3, -0.25) is 4.98 Å². The lowest BCUT2D eigenvalue weighted by Gasteiger charge is -2.18. The highest BCUT2D eigenvalue weighted by Gasteiger charge is 2.00. The second-order valence-corrected chi connectivity index (χ2v) is 4.76. The number of likely N-dealkylation sites (N-methyl/N-ethyl adjacent to an activating group) is 1. The van der Waals surface area contributed by atoms with E-state index < -0.39 is 0 Å². The average Bonchev–Trinajstić information content (AvgIpc) is 2.54. The maximum absolute atomic E-state index is 5.77. The van der Waals surface area contributed by atoms with Gasteiger partial charge in [0.1, 0.15) is 12.4 Å². The second kappa shape index (κ2) is 8.27. The van der Waals surface area contributed by atoms with Crippen LogP contribution in [-0.4, -0.2) is 36.1 Å². The zero-order valence-corrected chi connectivity index (χ0v) is 12.7. The van der Waals surface area contributed by atoms with E-state index >= 15 is 0 Å². The van der Waals surface area contributed by atoms with Gasteiger partial charge in [-0.25, -0.2) is 0 Å². The number of pyridine rings is 1. The maximum atomic E-state index is 5.77. The van der Waals surface area contributed by atoms with Crippen molar-refractivity contribution in [2.24, 2.45) is 0 Å². The second-order valence-electron chi connectivity index (χ2n) is 4.76. The van der Waals surface area contributed by atoms with Crippen LogP contribution in [0, 0.1) is 0 Å². The zero-order valence-electron chi connectivity index (χ0n) is 12.7. The SMILES string of the molecule is CCN(CC)CCOc1ccc(Nc2ccncc2)cc1. The number of rotatable bonds is 8. The largest absolute Gasteiger partial charge is 0.492 e. The summed E-state index contributed by atoms with van der Waals surface area (Å²) in [4.78, 5) is 6.35. The van der Waals surface area contributed by atoms with Gasteiger partial charge in [-0.2, -0.15) is 0 Å². The fourth-order valence-corrected chi connectivity index (χ4v) is 2.07. The van der Waals surface area contributed by atoms with Gasteiger partial charge in [0.2, 0.25) is 0 Å². The van der Waals surface area contributed by atoms with Crippen molar-refractivity contribution in [1.82, 2.24) is 9.88 Å². The highest BCUT2D eigenvalue weighted by molar-refractivity contribution is 5.59. The van der Waals surface area contributed by atoms with Crippen LogP contribution in [0.4, 0.5) is 11.4 Å². The van der Waals surface area contributed by atoms with Crippen molar-refractivity contribution in [2.75, 3.05) is 31.6 Å². The van der Waals surface area contributed by atoms with Gasteiger partial charge in [-0.15, -0.1) is 0 Å². The number of nitrogens with one attached hydrogen (secondary N) is 1. The molecule has 1 aromatic heterocycles. The summed E-state index contributed by atoms with van der Waals surface area (Å²) in [6.45, 7) is 8.15. The summed E-state index contributed by atoms with van der Waals surface area (Å²) in [7, 11) is 0. The van der Waals surface area contributed by atoms with Crippen LogP contribution in [0.1, 0.15) is 13.8 Å². The Morgan fingerprint density at radius 2 is 1.57 bits per heavy atom. The van der Waals surface area contributed by atoms with Gasteiger partial charge in [-0.05, 0) is 49.5 Å². The van der Waals surface area contributed by atoms with Crippen molar-refractivity contribution in [2.45, 2.75) is 13.8 Å². The predicted octanol–water partition coefficient (Wildman–Crippen LogP) is 3.55. The van der Waals surface area contributed by atoms with Crippen LogP contribution >= 0.6 is 0 Å². The fourth-order valence-electron chi connectivity index (χ4n) is 2.07. The molecule has 0 aliphatic rings. The smallest absolute Gasteiger partial charge is 0.119 e. The molecule has 112 valence electrons. The monoisotopic (exact) mass is 285 g/mol. The lowest BCUT2D eigenvalue weighted by atomic mass is 10.3. The Bertz CT molecular complexity index is 509. The average molecular weight is 285 g/mol. The number of anilines is 2. The van der Waals surface area contributed by atoms with Gasteiger partial charge in [-0.1, -0.05) is 13.8 Å². The first-order chi connectivity index (χ1) is 10.3. The summed E-state index contributed by atoms with van der Waals surface area (Å²) < 4.78 is 5.77. The van der Waals surface area contributed by atoms with Crippen LogP contribution in [0.25, 0.3) is 0 Å². The summed E-state index contributed by atoms with van der Waals surface area (Å²) in [5.41, 5.74) is 2.07. The molecule has 0 atom stereocenters. The highest BCUT2D eigenvalue weighted by Crippen LogP contribution is 2.19. The fraction of sp³-hybridized carbons (Fsp3) is 0.353. The van der Waals surface area contributed by atoms with E-state index in [0.29, 0.717) is 0 Å². The molecular formula is C17H23N3O. The van der Waals surface area contributed by atoms with Gasteiger partial charge in [0, 0.05) is 30.3 Å². The van der Waals surface area contributed by atoms with Crippen molar-refractivity contribution in [3.8, 4) is 5.75 Å². The van der Waals surface area contributed by atoms with Gasteiger partial charge in [0.15, 0.2) is 0 Å². The van der Waals surface area contributed by atoms with Gasteiger partial charge in [0.25, 0.3) is 0 Å². The molecular weight excluding hydrogens is 262 g/mol. The van der Waals surface area contributed by atoms with Crippen molar-refractivity contribution < 1.29 is 4.74 Å². The number of aromatic nitrogens is 1. The van der Waals surface area contributed by atoms with Crippen LogP contribution in [0.15, 0.2) is 48.8 Å². The lowest BCUT2D eigenvalue weighted by Crippen LogP contribution is -2.27. The Morgan fingerprint density at radius 1 is 0.952 bits per heavy atom. The van der Waals surface area contributed by atoms with Crippen LogP contribution in [0.2, 0.25) is 0 Å². The standard InChI is InChI=1S/C17H23N3O/c1-3-20(4-2)13-14-21-17-7-5-15(6-8-17)19-16-9-11-18-12-10-16/h5-12H,3-4,13-14H2,1-2H3,(H,18,19). The van der Waals surface area contributed by atoms with E-state index in [1.807, 2.05) is 36.4 Å². The molecule has 0 unspecified atom stereocenters. The molecule has 0 saturated carbocycles. The van der Waals surface area contributed by atoms with Gasteiger partial charge >= 0.3 is 0 Å². The zero-order chi connectivity index (χ0) is 14.9. The molecule has 1 aromatic carbocycles. The molecule has 2 aromatic rings. The summed E-state index contributed by atoms with van der Waals surface area (Å²) in [5.74, 6) is 0.905. The number of ether oxygens (including phenoxy) is 1. The molecule has 0 aliphatic heterocycles. The van der Waals surface area contributed by atoms with E-state index in [0.717, 1.165) is 43.4 Å². The van der Waals surface area contributed by atoms with Crippen LogP contribution in [-0.2, 0) is 0 Å². The molecule has 0 aliphatic carbocycles. The highest BCUT2D eigenvalue weighted by atomic mass is 16.5. The molecule has 4 heteroatoms. The minimum absolute atomic E-state index is 0.721. The lowest BCUT2D eigenvalue weighted by molar-refractivity contribution is 0.223. The Kier molecular flexibility index (Phi) is 6.03. The summed E-state index contributed by atoms with van der Waals surface area (Å²) in [5, 5.41) is 3.32. The molecule has 1 N–H and O–H groups in total. The van der Waals surface area contributed by atoms with E-state index in [4.69, 9.17) is 4.74 Å². The topological polar surface area (TPSA) is 37.4 Å². The maximum Gasteiger partial charge on any atom is 0.119 e. The Morgan fingerprint density at radius 3 is 2.19 bits per heavy atom. The quantitative estimate of drug-likeness (QED) is 0.805. The third kappa shape index (κ3) is 5.08. The van der Waals surface area contributed by atoms with Gasteiger partial charge in [0.05, 0.1) is 0 Å².